The molecule has 1 heterocycles. The maximum absolute atomic E-state index is 9.45. The molecule has 0 aromatic heterocycles. The molecule has 2 rings (SSSR count). The Morgan fingerprint density at radius 2 is 2.25 bits per heavy atom. The maximum atomic E-state index is 9.45. The normalized spacial score (nSPS) is 14.6. The second kappa shape index (κ2) is 2.72. The number of hydrogen-bond acceptors (Lipinski definition) is 2. The van der Waals surface area contributed by atoms with Crippen LogP contribution in [0.1, 0.15) is 5.56 Å². The monoisotopic (exact) mass is 181 g/mol. The van der Waals surface area contributed by atoms with E-state index >= 15 is 0 Å². The summed E-state index contributed by atoms with van der Waals surface area (Å²) in [5.41, 5.74) is 1.70. The van der Waals surface area contributed by atoms with Crippen LogP contribution in [0, 0.1) is 0 Å². The molecular formula is C9H8ClNO. The largest absolute Gasteiger partial charge is 0.508 e. The summed E-state index contributed by atoms with van der Waals surface area (Å²) < 4.78 is 0. The van der Waals surface area contributed by atoms with Gasteiger partial charge >= 0.3 is 0 Å². The lowest BCUT2D eigenvalue weighted by Gasteiger charge is -2.15. The molecule has 0 aliphatic carbocycles. The fourth-order valence-electron chi connectivity index (χ4n) is 1.25. The second-order valence-electron chi connectivity index (χ2n) is 2.66. The maximum Gasteiger partial charge on any atom is 0.122 e. The number of fused-ring (bicyclic) bond motifs is 1. The van der Waals surface area contributed by atoms with E-state index in [1.54, 1.807) is 18.2 Å². The summed E-state index contributed by atoms with van der Waals surface area (Å²) in [6.07, 6.45) is 1.72. The van der Waals surface area contributed by atoms with Gasteiger partial charge in [-0.2, -0.15) is 0 Å². The summed E-state index contributed by atoms with van der Waals surface area (Å²) in [6, 6.07) is 5.40. The van der Waals surface area contributed by atoms with Crippen LogP contribution in [0.4, 0.5) is 5.69 Å². The molecule has 0 saturated carbocycles. The van der Waals surface area contributed by atoms with Crippen LogP contribution in [-0.2, 0) is 0 Å². The van der Waals surface area contributed by atoms with E-state index in [0.29, 0.717) is 17.3 Å². The van der Waals surface area contributed by atoms with Crippen molar-refractivity contribution in [2.24, 2.45) is 0 Å². The van der Waals surface area contributed by atoms with Gasteiger partial charge in [-0.15, -0.1) is 0 Å². The van der Waals surface area contributed by atoms with E-state index in [1.165, 1.54) is 0 Å². The summed E-state index contributed by atoms with van der Waals surface area (Å²) in [7, 11) is 0. The third-order valence-electron chi connectivity index (χ3n) is 1.85. The summed E-state index contributed by atoms with van der Waals surface area (Å²) in [6.45, 7) is 0.667. The van der Waals surface area contributed by atoms with Crippen LogP contribution in [0.15, 0.2) is 24.3 Å². The van der Waals surface area contributed by atoms with Crippen molar-refractivity contribution in [1.29, 1.82) is 0 Å². The molecule has 12 heavy (non-hydrogen) atoms. The molecule has 0 bridgehead atoms. The minimum Gasteiger partial charge on any atom is -0.508 e. The Bertz CT molecular complexity index is 346. The van der Waals surface area contributed by atoms with E-state index in [9.17, 15) is 5.11 Å². The first-order valence-corrected chi connectivity index (χ1v) is 4.08. The van der Waals surface area contributed by atoms with Crippen molar-refractivity contribution in [3.8, 4) is 0 Å². The van der Waals surface area contributed by atoms with Crippen LogP contribution in [0.2, 0.25) is 5.02 Å². The SMILES string of the molecule is OC1=CCNc2ccc(Cl)cc21. The minimum atomic E-state index is 0.297. The fraction of sp³-hybridized carbons (Fsp3) is 0.111. The Morgan fingerprint density at radius 1 is 1.42 bits per heavy atom. The highest BCUT2D eigenvalue weighted by atomic mass is 35.5. The third-order valence-corrected chi connectivity index (χ3v) is 2.08. The first-order valence-electron chi connectivity index (χ1n) is 3.70. The number of anilines is 1. The number of hydrogen-bond donors (Lipinski definition) is 2. The number of rotatable bonds is 0. The van der Waals surface area contributed by atoms with Gasteiger partial charge in [0.1, 0.15) is 5.76 Å². The molecule has 3 heteroatoms. The molecule has 0 amide bonds. The molecule has 0 fully saturated rings. The van der Waals surface area contributed by atoms with Crippen LogP contribution in [0.5, 0.6) is 0 Å². The first-order chi connectivity index (χ1) is 5.77. The van der Waals surface area contributed by atoms with Gasteiger partial charge in [-0.05, 0) is 24.3 Å². The van der Waals surface area contributed by atoms with Gasteiger partial charge in [0, 0.05) is 22.8 Å². The fourth-order valence-corrected chi connectivity index (χ4v) is 1.42. The lowest BCUT2D eigenvalue weighted by molar-refractivity contribution is 0.509. The van der Waals surface area contributed by atoms with Gasteiger partial charge in [0.05, 0.1) is 0 Å². The number of aliphatic hydroxyl groups is 1. The van der Waals surface area contributed by atoms with Crippen molar-refractivity contribution in [3.63, 3.8) is 0 Å². The molecule has 2 nitrogen and oxygen atoms in total. The van der Waals surface area contributed by atoms with Crippen LogP contribution < -0.4 is 5.32 Å². The van der Waals surface area contributed by atoms with Crippen LogP contribution >= 0.6 is 11.6 Å². The van der Waals surface area contributed by atoms with Gasteiger partial charge in [0.25, 0.3) is 0 Å². The van der Waals surface area contributed by atoms with Gasteiger partial charge in [-0.25, -0.2) is 0 Å². The average Bonchev–Trinajstić information content (AvgIpc) is 2.07. The quantitative estimate of drug-likeness (QED) is 0.645. The summed E-state index contributed by atoms with van der Waals surface area (Å²) in [4.78, 5) is 0. The molecule has 2 N–H and O–H groups in total. The summed E-state index contributed by atoms with van der Waals surface area (Å²) in [5.74, 6) is 0.297. The van der Waals surface area contributed by atoms with E-state index in [2.05, 4.69) is 5.32 Å². The Labute approximate surface area is 75.5 Å². The Kier molecular flexibility index (Phi) is 1.70. The van der Waals surface area contributed by atoms with Crippen molar-refractivity contribution >= 4 is 23.0 Å². The van der Waals surface area contributed by atoms with Crippen LogP contribution in [0.25, 0.3) is 5.76 Å². The van der Waals surface area contributed by atoms with E-state index in [1.807, 2.05) is 6.07 Å². The zero-order valence-corrected chi connectivity index (χ0v) is 7.10. The van der Waals surface area contributed by atoms with E-state index in [0.717, 1.165) is 11.3 Å². The highest BCUT2D eigenvalue weighted by Gasteiger charge is 2.10. The predicted molar refractivity (Wildman–Crippen MR) is 50.5 cm³/mol. The molecule has 1 aromatic rings. The standard InChI is InChI=1S/C9H8ClNO/c10-6-1-2-8-7(5-6)9(12)3-4-11-8/h1-3,5,11-12H,4H2. The molecule has 62 valence electrons. The number of halogens is 1. The zero-order valence-electron chi connectivity index (χ0n) is 6.34. The molecule has 0 unspecified atom stereocenters. The van der Waals surface area contributed by atoms with Gasteiger partial charge in [-0.1, -0.05) is 11.6 Å². The molecule has 0 atom stereocenters. The summed E-state index contributed by atoms with van der Waals surface area (Å²) in [5, 5.41) is 13.2. The molecule has 1 aromatic carbocycles. The van der Waals surface area contributed by atoms with Gasteiger partial charge in [0.2, 0.25) is 0 Å². The van der Waals surface area contributed by atoms with E-state index in [-0.39, 0.29) is 0 Å². The first kappa shape index (κ1) is 7.50. The van der Waals surface area contributed by atoms with Gasteiger partial charge < -0.3 is 10.4 Å². The minimum absolute atomic E-state index is 0.297. The molecule has 0 spiro atoms. The second-order valence-corrected chi connectivity index (χ2v) is 3.10. The number of nitrogens with one attached hydrogen (secondary N) is 1. The van der Waals surface area contributed by atoms with Crippen molar-refractivity contribution in [1.82, 2.24) is 0 Å². The molecule has 0 saturated heterocycles. The molecule has 1 aliphatic rings. The smallest absolute Gasteiger partial charge is 0.122 e. The van der Waals surface area contributed by atoms with Crippen LogP contribution in [-0.4, -0.2) is 11.7 Å². The Hall–Kier alpha value is -1.15. The summed E-state index contributed by atoms with van der Waals surface area (Å²) >= 11 is 5.78. The Balaban J connectivity index is 2.58. The Morgan fingerprint density at radius 3 is 3.08 bits per heavy atom. The highest BCUT2D eigenvalue weighted by molar-refractivity contribution is 6.30. The topological polar surface area (TPSA) is 32.3 Å². The molecule has 0 radical (unpaired) electrons. The van der Waals surface area contributed by atoms with Gasteiger partial charge in [0.15, 0.2) is 0 Å². The number of aliphatic hydroxyl groups excluding tert-OH is 1. The zero-order chi connectivity index (χ0) is 8.55. The number of benzene rings is 1. The average molecular weight is 182 g/mol. The lowest BCUT2D eigenvalue weighted by Crippen LogP contribution is -2.07. The van der Waals surface area contributed by atoms with E-state index < -0.39 is 0 Å². The predicted octanol–water partition coefficient (Wildman–Crippen LogP) is 2.66. The van der Waals surface area contributed by atoms with Crippen molar-refractivity contribution in [2.45, 2.75) is 0 Å². The van der Waals surface area contributed by atoms with Crippen molar-refractivity contribution in [3.05, 3.63) is 34.9 Å². The molecule has 1 aliphatic heterocycles. The third kappa shape index (κ3) is 1.14. The van der Waals surface area contributed by atoms with E-state index in [4.69, 9.17) is 11.6 Å². The van der Waals surface area contributed by atoms with Crippen molar-refractivity contribution in [2.75, 3.05) is 11.9 Å². The van der Waals surface area contributed by atoms with Gasteiger partial charge in [-0.3, -0.25) is 0 Å². The van der Waals surface area contributed by atoms with Crippen LogP contribution in [0.3, 0.4) is 0 Å². The molecular weight excluding hydrogens is 174 g/mol. The lowest BCUT2D eigenvalue weighted by atomic mass is 10.1. The van der Waals surface area contributed by atoms with Crippen molar-refractivity contribution < 1.29 is 5.11 Å². The highest BCUT2D eigenvalue weighted by Crippen LogP contribution is 2.28.